The highest BCUT2D eigenvalue weighted by molar-refractivity contribution is 9.10. The average molecular weight is 339 g/mol. The lowest BCUT2D eigenvalue weighted by atomic mass is 10.3. The predicted octanol–water partition coefficient (Wildman–Crippen LogP) is 2.57. The zero-order chi connectivity index (χ0) is 13.5. The zero-order valence-corrected chi connectivity index (χ0v) is 13.5. The van der Waals surface area contributed by atoms with Gasteiger partial charge < -0.3 is 10.1 Å². The Bertz CT molecular complexity index is 370. The first-order valence-electron chi connectivity index (χ1n) is 6.21. The van der Waals surface area contributed by atoms with Gasteiger partial charge in [-0.15, -0.1) is 11.6 Å². The van der Waals surface area contributed by atoms with Crippen LogP contribution in [0.2, 0.25) is 0 Å². The Morgan fingerprint density at radius 3 is 2.78 bits per heavy atom. The van der Waals surface area contributed by atoms with Crippen LogP contribution < -0.4 is 5.32 Å². The van der Waals surface area contributed by atoms with Gasteiger partial charge in [-0.05, 0) is 29.3 Å². The first kappa shape index (κ1) is 16.0. The maximum Gasteiger partial charge on any atom is 0.0767 e. The van der Waals surface area contributed by atoms with Gasteiger partial charge in [0.25, 0.3) is 0 Å². The van der Waals surface area contributed by atoms with Crippen LogP contribution in [0.3, 0.4) is 0 Å². The minimum Gasteiger partial charge on any atom is -0.383 e. The summed E-state index contributed by atoms with van der Waals surface area (Å²) < 4.78 is 8.13. The molecule has 0 saturated heterocycles. The predicted molar refractivity (Wildman–Crippen MR) is 78.2 cm³/mol. The van der Waals surface area contributed by atoms with Crippen LogP contribution in [-0.2, 0) is 24.2 Å². The van der Waals surface area contributed by atoms with Gasteiger partial charge >= 0.3 is 0 Å². The third-order valence-corrected chi connectivity index (χ3v) is 3.90. The second-order valence-electron chi connectivity index (χ2n) is 4.06. The van der Waals surface area contributed by atoms with Crippen LogP contribution >= 0.6 is 27.5 Å². The summed E-state index contributed by atoms with van der Waals surface area (Å²) in [7, 11) is 1.66. The van der Waals surface area contributed by atoms with E-state index in [4.69, 9.17) is 16.3 Å². The number of hydrogen-bond acceptors (Lipinski definition) is 3. The van der Waals surface area contributed by atoms with Crippen LogP contribution in [0.4, 0.5) is 0 Å². The lowest BCUT2D eigenvalue weighted by Gasteiger charge is -2.11. The van der Waals surface area contributed by atoms with E-state index in [2.05, 4.69) is 40.2 Å². The number of hydrogen-bond donors (Lipinski definition) is 1. The summed E-state index contributed by atoms with van der Waals surface area (Å²) in [5.74, 6) is 0. The Morgan fingerprint density at radius 1 is 1.50 bits per heavy atom. The Balaban J connectivity index is 2.58. The third kappa shape index (κ3) is 4.23. The van der Waals surface area contributed by atoms with Gasteiger partial charge in [-0.3, -0.25) is 4.68 Å². The topological polar surface area (TPSA) is 39.1 Å². The molecular weight excluding hydrogens is 318 g/mol. The third-order valence-electron chi connectivity index (χ3n) is 2.70. The van der Waals surface area contributed by atoms with Crippen LogP contribution in [-0.4, -0.2) is 35.4 Å². The molecule has 0 spiro atoms. The van der Waals surface area contributed by atoms with Gasteiger partial charge in [0.15, 0.2) is 0 Å². The minimum atomic E-state index is -0.00239. The lowest BCUT2D eigenvalue weighted by Crippen LogP contribution is -2.27. The fourth-order valence-electron chi connectivity index (χ4n) is 1.77. The molecule has 104 valence electrons. The highest BCUT2D eigenvalue weighted by Gasteiger charge is 2.13. The summed E-state index contributed by atoms with van der Waals surface area (Å²) in [5.41, 5.74) is 2.28. The molecule has 1 aromatic rings. The quantitative estimate of drug-likeness (QED) is 0.741. The van der Waals surface area contributed by atoms with E-state index in [0.29, 0.717) is 6.61 Å². The van der Waals surface area contributed by atoms with Gasteiger partial charge in [0.2, 0.25) is 0 Å². The minimum absolute atomic E-state index is 0.00239. The van der Waals surface area contributed by atoms with Gasteiger partial charge in [-0.2, -0.15) is 5.10 Å². The number of aryl methyl sites for hydroxylation is 2. The Morgan fingerprint density at radius 2 is 2.22 bits per heavy atom. The molecule has 4 nitrogen and oxygen atoms in total. The fraction of sp³-hybridized carbons (Fsp3) is 0.750. The van der Waals surface area contributed by atoms with Crippen LogP contribution in [0.15, 0.2) is 4.47 Å². The molecule has 0 bridgehead atoms. The Kier molecular flexibility index (Phi) is 7.22. The van der Waals surface area contributed by atoms with Gasteiger partial charge in [0, 0.05) is 26.7 Å². The summed E-state index contributed by atoms with van der Waals surface area (Å²) >= 11 is 9.69. The molecule has 0 amide bonds. The van der Waals surface area contributed by atoms with Crippen molar-refractivity contribution in [2.24, 2.45) is 0 Å². The molecule has 1 heterocycles. The molecule has 0 saturated carbocycles. The van der Waals surface area contributed by atoms with Crippen molar-refractivity contribution in [2.75, 3.05) is 20.3 Å². The number of methoxy groups -OCH3 is 1. The van der Waals surface area contributed by atoms with E-state index >= 15 is 0 Å². The van der Waals surface area contributed by atoms with Gasteiger partial charge in [-0.1, -0.05) is 6.92 Å². The molecular formula is C12H21BrClN3O. The van der Waals surface area contributed by atoms with Crippen LogP contribution in [0.1, 0.15) is 25.2 Å². The van der Waals surface area contributed by atoms with Crippen molar-refractivity contribution in [1.29, 1.82) is 0 Å². The highest BCUT2D eigenvalue weighted by atomic mass is 79.9. The summed E-state index contributed by atoms with van der Waals surface area (Å²) in [6.45, 7) is 7.11. The number of halogens is 2. The highest BCUT2D eigenvalue weighted by Crippen LogP contribution is 2.22. The largest absolute Gasteiger partial charge is 0.383 e. The van der Waals surface area contributed by atoms with E-state index in [1.54, 1.807) is 7.11 Å². The molecule has 1 atom stereocenters. The van der Waals surface area contributed by atoms with Crippen molar-refractivity contribution in [1.82, 2.24) is 15.1 Å². The standard InChI is InChI=1S/C12H21BrClN3O/c1-4-10-12(13)11(17(5-2)16-10)7-15-6-9(14)8-18-3/h9,15H,4-8H2,1-3H3. The summed E-state index contributed by atoms with van der Waals surface area (Å²) in [5, 5.41) is 7.89. The maximum atomic E-state index is 6.07. The van der Waals surface area contributed by atoms with Crippen molar-refractivity contribution in [3.8, 4) is 0 Å². The van der Waals surface area contributed by atoms with Crippen LogP contribution in [0.5, 0.6) is 0 Å². The lowest BCUT2D eigenvalue weighted by molar-refractivity contribution is 0.196. The summed E-state index contributed by atoms with van der Waals surface area (Å²) in [4.78, 5) is 0. The molecule has 0 aliphatic rings. The molecule has 1 aromatic heterocycles. The smallest absolute Gasteiger partial charge is 0.0767 e. The SMILES string of the molecule is CCc1nn(CC)c(CNCC(Cl)COC)c1Br. The number of rotatable bonds is 8. The molecule has 1 unspecified atom stereocenters. The molecule has 0 aromatic carbocycles. The molecule has 1 N–H and O–H groups in total. The molecule has 0 aliphatic heterocycles. The second kappa shape index (κ2) is 8.15. The first-order chi connectivity index (χ1) is 8.63. The van der Waals surface area contributed by atoms with E-state index < -0.39 is 0 Å². The van der Waals surface area contributed by atoms with Crippen LogP contribution in [0, 0.1) is 0 Å². The average Bonchev–Trinajstić information content (AvgIpc) is 2.66. The van der Waals surface area contributed by atoms with Crippen molar-refractivity contribution < 1.29 is 4.74 Å². The van der Waals surface area contributed by atoms with Crippen molar-refractivity contribution in [2.45, 2.75) is 38.7 Å². The van der Waals surface area contributed by atoms with E-state index in [-0.39, 0.29) is 5.38 Å². The van der Waals surface area contributed by atoms with E-state index in [9.17, 15) is 0 Å². The molecule has 0 radical (unpaired) electrons. The number of ether oxygens (including phenoxy) is 1. The Hall–Kier alpha value is -0.100. The van der Waals surface area contributed by atoms with E-state index in [1.807, 2.05) is 4.68 Å². The second-order valence-corrected chi connectivity index (χ2v) is 5.47. The number of nitrogens with one attached hydrogen (secondary N) is 1. The van der Waals surface area contributed by atoms with Gasteiger partial charge in [-0.25, -0.2) is 0 Å². The van der Waals surface area contributed by atoms with Crippen molar-refractivity contribution >= 4 is 27.5 Å². The summed E-state index contributed by atoms with van der Waals surface area (Å²) in [6, 6.07) is 0. The molecule has 0 fully saturated rings. The van der Waals surface area contributed by atoms with Crippen molar-refractivity contribution in [3.63, 3.8) is 0 Å². The van der Waals surface area contributed by atoms with E-state index in [0.717, 1.165) is 36.2 Å². The van der Waals surface area contributed by atoms with Gasteiger partial charge in [0.05, 0.1) is 27.8 Å². The fourth-order valence-corrected chi connectivity index (χ4v) is 2.71. The summed E-state index contributed by atoms with van der Waals surface area (Å²) in [6.07, 6.45) is 0.933. The number of aromatic nitrogens is 2. The van der Waals surface area contributed by atoms with E-state index in [1.165, 1.54) is 5.69 Å². The maximum absolute atomic E-state index is 6.07. The molecule has 6 heteroatoms. The molecule has 0 aliphatic carbocycles. The normalized spacial score (nSPS) is 12.9. The van der Waals surface area contributed by atoms with Crippen LogP contribution in [0.25, 0.3) is 0 Å². The monoisotopic (exact) mass is 337 g/mol. The Labute approximate surface area is 122 Å². The molecule has 1 rings (SSSR count). The van der Waals surface area contributed by atoms with Crippen molar-refractivity contribution in [3.05, 3.63) is 15.9 Å². The molecule has 18 heavy (non-hydrogen) atoms. The number of alkyl halides is 1. The zero-order valence-electron chi connectivity index (χ0n) is 11.2. The first-order valence-corrected chi connectivity index (χ1v) is 7.44. The van der Waals surface area contributed by atoms with Gasteiger partial charge in [0.1, 0.15) is 0 Å². The number of nitrogens with zero attached hydrogens (tertiary/aromatic N) is 2.